The van der Waals surface area contributed by atoms with Gasteiger partial charge in [-0.1, -0.05) is 89.2 Å². The summed E-state index contributed by atoms with van der Waals surface area (Å²) in [5.74, 6) is -0.365. The van der Waals surface area contributed by atoms with E-state index in [2.05, 4.69) is 26.1 Å². The third-order valence-electron chi connectivity index (χ3n) is 5.49. The van der Waals surface area contributed by atoms with Gasteiger partial charge in [0, 0.05) is 17.7 Å². The molecule has 0 saturated heterocycles. The fourth-order valence-corrected chi connectivity index (χ4v) is 4.36. The highest BCUT2D eigenvalue weighted by molar-refractivity contribution is 7.18. The molecule has 0 radical (unpaired) electrons. The predicted octanol–water partition coefficient (Wildman–Crippen LogP) is 5.50. The SMILES string of the molecule is Cc1ccc(-c2nnc(NC(=O)C(Cc3ccccc3)NC(=O)Nc3ccc(C)cc3C)s2)cc1. The molecular formula is C27H27N5O2S. The second-order valence-corrected chi connectivity index (χ2v) is 9.40. The zero-order valence-electron chi connectivity index (χ0n) is 19.8. The molecule has 178 valence electrons. The monoisotopic (exact) mass is 485 g/mol. The molecule has 1 heterocycles. The molecule has 1 aromatic heterocycles. The maximum atomic E-state index is 13.2. The van der Waals surface area contributed by atoms with E-state index in [9.17, 15) is 9.59 Å². The zero-order chi connectivity index (χ0) is 24.8. The minimum absolute atomic E-state index is 0.330. The summed E-state index contributed by atoms with van der Waals surface area (Å²) in [6.07, 6.45) is 0.330. The normalized spacial score (nSPS) is 11.5. The maximum Gasteiger partial charge on any atom is 0.319 e. The van der Waals surface area contributed by atoms with Crippen molar-refractivity contribution in [1.29, 1.82) is 0 Å². The Bertz CT molecular complexity index is 1320. The number of nitrogens with zero attached hydrogens (tertiary/aromatic N) is 2. The van der Waals surface area contributed by atoms with Crippen LogP contribution in [0.15, 0.2) is 72.8 Å². The Kier molecular flexibility index (Phi) is 7.52. The van der Waals surface area contributed by atoms with E-state index in [0.29, 0.717) is 22.2 Å². The zero-order valence-corrected chi connectivity index (χ0v) is 20.6. The van der Waals surface area contributed by atoms with E-state index >= 15 is 0 Å². The summed E-state index contributed by atoms with van der Waals surface area (Å²) in [5, 5.41) is 17.9. The molecule has 0 aliphatic carbocycles. The molecule has 1 atom stereocenters. The Hall–Kier alpha value is -4.04. The van der Waals surface area contributed by atoms with Gasteiger partial charge in [-0.15, -0.1) is 10.2 Å². The van der Waals surface area contributed by atoms with E-state index in [4.69, 9.17) is 0 Å². The Morgan fingerprint density at radius 3 is 2.29 bits per heavy atom. The molecule has 1 unspecified atom stereocenters. The van der Waals surface area contributed by atoms with Gasteiger partial charge in [-0.05, 0) is 38.0 Å². The molecule has 0 aliphatic rings. The van der Waals surface area contributed by atoms with Gasteiger partial charge in [0.2, 0.25) is 11.0 Å². The van der Waals surface area contributed by atoms with Crippen molar-refractivity contribution in [1.82, 2.24) is 15.5 Å². The van der Waals surface area contributed by atoms with E-state index in [1.165, 1.54) is 11.3 Å². The first-order valence-electron chi connectivity index (χ1n) is 11.3. The van der Waals surface area contributed by atoms with Crippen LogP contribution in [-0.4, -0.2) is 28.2 Å². The van der Waals surface area contributed by atoms with E-state index in [1.54, 1.807) is 0 Å². The number of aryl methyl sites for hydroxylation is 3. The molecular weight excluding hydrogens is 458 g/mol. The van der Waals surface area contributed by atoms with E-state index in [0.717, 1.165) is 27.8 Å². The van der Waals surface area contributed by atoms with Gasteiger partial charge in [0.05, 0.1) is 0 Å². The highest BCUT2D eigenvalue weighted by atomic mass is 32.1. The molecule has 3 N–H and O–H groups in total. The third kappa shape index (κ3) is 6.51. The first-order chi connectivity index (χ1) is 16.9. The van der Waals surface area contributed by atoms with Crippen LogP contribution in [-0.2, 0) is 11.2 Å². The average molecular weight is 486 g/mol. The minimum Gasteiger partial charge on any atom is -0.326 e. The number of amides is 3. The minimum atomic E-state index is -0.810. The number of nitrogens with one attached hydrogen (secondary N) is 3. The molecule has 7 nitrogen and oxygen atoms in total. The molecule has 0 fully saturated rings. The number of benzene rings is 3. The predicted molar refractivity (Wildman–Crippen MR) is 141 cm³/mol. The van der Waals surface area contributed by atoms with Crippen LogP contribution in [0.2, 0.25) is 0 Å². The van der Waals surface area contributed by atoms with Crippen LogP contribution in [0, 0.1) is 20.8 Å². The summed E-state index contributed by atoms with van der Waals surface area (Å²) < 4.78 is 0. The van der Waals surface area contributed by atoms with Crippen molar-refractivity contribution in [2.24, 2.45) is 0 Å². The smallest absolute Gasteiger partial charge is 0.319 e. The number of carbonyl (C=O) groups is 2. The van der Waals surface area contributed by atoms with Gasteiger partial charge < -0.3 is 10.6 Å². The average Bonchev–Trinajstić information content (AvgIpc) is 3.30. The van der Waals surface area contributed by atoms with Gasteiger partial charge in [-0.2, -0.15) is 0 Å². The quantitative estimate of drug-likeness (QED) is 0.322. The molecule has 8 heteroatoms. The van der Waals surface area contributed by atoms with Crippen molar-refractivity contribution in [2.45, 2.75) is 33.2 Å². The topological polar surface area (TPSA) is 96.0 Å². The maximum absolute atomic E-state index is 13.2. The molecule has 0 saturated carbocycles. The van der Waals surface area contributed by atoms with Gasteiger partial charge in [-0.3, -0.25) is 10.1 Å². The number of aromatic nitrogens is 2. The van der Waals surface area contributed by atoms with Gasteiger partial charge in [0.1, 0.15) is 11.0 Å². The third-order valence-corrected chi connectivity index (χ3v) is 6.38. The summed E-state index contributed by atoms with van der Waals surface area (Å²) in [5.41, 5.74) is 5.76. The highest BCUT2D eigenvalue weighted by Crippen LogP contribution is 2.26. The Morgan fingerprint density at radius 2 is 1.57 bits per heavy atom. The number of rotatable bonds is 7. The van der Waals surface area contributed by atoms with Crippen LogP contribution in [0.5, 0.6) is 0 Å². The lowest BCUT2D eigenvalue weighted by Crippen LogP contribution is -2.47. The highest BCUT2D eigenvalue weighted by Gasteiger charge is 2.23. The van der Waals surface area contributed by atoms with Crippen molar-refractivity contribution in [3.05, 3.63) is 95.1 Å². The van der Waals surface area contributed by atoms with E-state index in [-0.39, 0.29) is 5.91 Å². The second kappa shape index (κ2) is 10.9. The summed E-state index contributed by atoms with van der Waals surface area (Å²) in [7, 11) is 0. The van der Waals surface area contributed by atoms with E-state index < -0.39 is 12.1 Å². The Balaban J connectivity index is 1.48. The van der Waals surface area contributed by atoms with Crippen molar-refractivity contribution < 1.29 is 9.59 Å². The second-order valence-electron chi connectivity index (χ2n) is 8.43. The molecule has 0 bridgehead atoms. The fourth-order valence-electron chi connectivity index (χ4n) is 3.61. The van der Waals surface area contributed by atoms with Gasteiger partial charge in [0.25, 0.3) is 0 Å². The van der Waals surface area contributed by atoms with Crippen molar-refractivity contribution >= 4 is 34.1 Å². The van der Waals surface area contributed by atoms with Crippen LogP contribution < -0.4 is 16.0 Å². The van der Waals surface area contributed by atoms with Crippen molar-refractivity contribution in [2.75, 3.05) is 10.6 Å². The molecule has 0 spiro atoms. The lowest BCUT2D eigenvalue weighted by Gasteiger charge is -2.19. The number of anilines is 2. The van der Waals surface area contributed by atoms with Crippen LogP contribution in [0.1, 0.15) is 22.3 Å². The van der Waals surface area contributed by atoms with Crippen molar-refractivity contribution in [3.63, 3.8) is 0 Å². The lowest BCUT2D eigenvalue weighted by molar-refractivity contribution is -0.117. The molecule has 35 heavy (non-hydrogen) atoms. The van der Waals surface area contributed by atoms with Gasteiger partial charge >= 0.3 is 6.03 Å². The molecule has 4 rings (SSSR count). The van der Waals surface area contributed by atoms with Gasteiger partial charge in [0.15, 0.2) is 0 Å². The van der Waals surface area contributed by atoms with Crippen LogP contribution in [0.4, 0.5) is 15.6 Å². The first-order valence-corrected chi connectivity index (χ1v) is 12.1. The molecule has 3 amide bonds. The lowest BCUT2D eigenvalue weighted by atomic mass is 10.1. The summed E-state index contributed by atoms with van der Waals surface area (Å²) in [6.45, 7) is 5.94. The van der Waals surface area contributed by atoms with Gasteiger partial charge in [-0.25, -0.2) is 4.79 Å². The number of urea groups is 1. The number of hydrogen-bond acceptors (Lipinski definition) is 5. The van der Waals surface area contributed by atoms with Crippen LogP contribution in [0.25, 0.3) is 10.6 Å². The fraction of sp³-hybridized carbons (Fsp3) is 0.185. The summed E-state index contributed by atoms with van der Waals surface area (Å²) >= 11 is 1.29. The first kappa shape index (κ1) is 24.1. The van der Waals surface area contributed by atoms with Crippen molar-refractivity contribution in [3.8, 4) is 10.6 Å². The standard InChI is InChI=1S/C27H27N5O2S/c1-17-9-12-21(13-10-17)25-31-32-27(35-25)30-24(33)23(16-20-7-5-4-6-8-20)29-26(34)28-22-14-11-18(2)15-19(22)3/h4-15,23H,16H2,1-3H3,(H2,28,29,34)(H,30,32,33). The summed E-state index contributed by atoms with van der Waals surface area (Å²) in [6, 6.07) is 22.0. The Morgan fingerprint density at radius 1 is 0.857 bits per heavy atom. The largest absolute Gasteiger partial charge is 0.326 e. The molecule has 4 aromatic rings. The van der Waals surface area contributed by atoms with E-state index in [1.807, 2.05) is 93.6 Å². The van der Waals surface area contributed by atoms with Crippen LogP contribution in [0.3, 0.4) is 0 Å². The number of carbonyl (C=O) groups excluding carboxylic acids is 2. The Labute approximate surface area is 208 Å². The molecule has 3 aromatic carbocycles. The molecule has 0 aliphatic heterocycles. The number of hydrogen-bond donors (Lipinski definition) is 3. The van der Waals surface area contributed by atoms with Crippen LogP contribution >= 0.6 is 11.3 Å². The summed E-state index contributed by atoms with van der Waals surface area (Å²) in [4.78, 5) is 26.0.